The summed E-state index contributed by atoms with van der Waals surface area (Å²) in [4.78, 5) is 25.9. The molecule has 0 N–H and O–H groups in total. The molecular formula is C13H17NO2. The van der Waals surface area contributed by atoms with Crippen LogP contribution in [0.4, 0.5) is 0 Å². The molecule has 2 amide bonds. The van der Waals surface area contributed by atoms with E-state index < -0.39 is 0 Å². The number of hydrogen-bond donors (Lipinski definition) is 0. The Morgan fingerprint density at radius 3 is 2.12 bits per heavy atom. The van der Waals surface area contributed by atoms with E-state index in [2.05, 4.69) is 12.2 Å². The highest BCUT2D eigenvalue weighted by atomic mass is 16.2. The third-order valence-electron chi connectivity index (χ3n) is 4.11. The summed E-state index contributed by atoms with van der Waals surface area (Å²) in [7, 11) is 0. The van der Waals surface area contributed by atoms with Crippen LogP contribution in [0.3, 0.4) is 0 Å². The molecule has 3 heteroatoms. The summed E-state index contributed by atoms with van der Waals surface area (Å²) in [5.41, 5.74) is 0. The van der Waals surface area contributed by atoms with Crippen LogP contribution in [0.1, 0.15) is 20.3 Å². The van der Waals surface area contributed by atoms with E-state index in [-0.39, 0.29) is 23.7 Å². The highest BCUT2D eigenvalue weighted by Crippen LogP contribution is 2.52. The van der Waals surface area contributed by atoms with Crippen molar-refractivity contribution in [3.8, 4) is 0 Å². The Bertz CT molecular complexity index is 355. The van der Waals surface area contributed by atoms with Crippen LogP contribution in [-0.4, -0.2) is 23.3 Å². The van der Waals surface area contributed by atoms with Crippen LogP contribution in [0, 0.1) is 29.6 Å². The van der Waals surface area contributed by atoms with Crippen molar-refractivity contribution in [3.63, 3.8) is 0 Å². The van der Waals surface area contributed by atoms with Gasteiger partial charge in [-0.2, -0.15) is 0 Å². The fourth-order valence-corrected chi connectivity index (χ4v) is 3.51. The fourth-order valence-electron chi connectivity index (χ4n) is 3.51. The minimum Gasteiger partial charge on any atom is -0.282 e. The van der Waals surface area contributed by atoms with Gasteiger partial charge in [-0.15, -0.1) is 0 Å². The third kappa shape index (κ3) is 1.14. The highest BCUT2D eigenvalue weighted by Gasteiger charge is 2.58. The first-order valence-electron chi connectivity index (χ1n) is 6.13. The maximum atomic E-state index is 12.2. The van der Waals surface area contributed by atoms with Gasteiger partial charge in [-0.05, 0) is 24.2 Å². The highest BCUT2D eigenvalue weighted by molar-refractivity contribution is 6.06. The van der Waals surface area contributed by atoms with Crippen LogP contribution < -0.4 is 0 Å². The first-order valence-corrected chi connectivity index (χ1v) is 6.13. The van der Waals surface area contributed by atoms with Crippen molar-refractivity contribution in [1.29, 1.82) is 0 Å². The first kappa shape index (κ1) is 10.1. The number of rotatable bonds is 2. The van der Waals surface area contributed by atoms with Gasteiger partial charge in [0.05, 0.1) is 11.8 Å². The number of fused-ring (bicyclic) bond motifs is 5. The molecule has 1 saturated carbocycles. The second kappa shape index (κ2) is 3.19. The van der Waals surface area contributed by atoms with Crippen LogP contribution >= 0.6 is 0 Å². The van der Waals surface area contributed by atoms with Crippen molar-refractivity contribution in [2.45, 2.75) is 20.3 Å². The summed E-state index contributed by atoms with van der Waals surface area (Å²) in [5, 5.41) is 0. The lowest BCUT2D eigenvalue weighted by molar-refractivity contribution is -0.141. The van der Waals surface area contributed by atoms with Crippen LogP contribution in [0.25, 0.3) is 0 Å². The molecule has 0 spiro atoms. The summed E-state index contributed by atoms with van der Waals surface area (Å²) in [6.45, 7) is 4.67. The normalized spacial score (nSPS) is 40.3. The van der Waals surface area contributed by atoms with Crippen LogP contribution in [0.2, 0.25) is 0 Å². The van der Waals surface area contributed by atoms with Gasteiger partial charge >= 0.3 is 0 Å². The Hall–Kier alpha value is -1.12. The molecule has 2 aliphatic carbocycles. The molecule has 0 radical (unpaired) electrons. The topological polar surface area (TPSA) is 37.4 Å². The summed E-state index contributed by atoms with van der Waals surface area (Å²) >= 11 is 0. The van der Waals surface area contributed by atoms with Crippen molar-refractivity contribution in [3.05, 3.63) is 12.2 Å². The van der Waals surface area contributed by atoms with Gasteiger partial charge in [-0.3, -0.25) is 14.5 Å². The number of amides is 2. The van der Waals surface area contributed by atoms with Crippen molar-refractivity contribution in [1.82, 2.24) is 4.90 Å². The average Bonchev–Trinajstić information content (AvgIpc) is 2.87. The first-order chi connectivity index (χ1) is 7.59. The predicted molar refractivity (Wildman–Crippen MR) is 59.3 cm³/mol. The van der Waals surface area contributed by atoms with E-state index in [9.17, 15) is 9.59 Å². The van der Waals surface area contributed by atoms with Gasteiger partial charge in [0.25, 0.3) is 0 Å². The van der Waals surface area contributed by atoms with E-state index in [1.807, 2.05) is 13.8 Å². The number of allylic oxidation sites excluding steroid dienone is 2. The maximum Gasteiger partial charge on any atom is 0.233 e. The molecule has 86 valence electrons. The molecule has 2 bridgehead atoms. The predicted octanol–water partition coefficient (Wildman–Crippen LogP) is 1.45. The number of hydrogen-bond acceptors (Lipinski definition) is 2. The van der Waals surface area contributed by atoms with E-state index in [0.717, 1.165) is 6.42 Å². The lowest BCUT2D eigenvalue weighted by Crippen LogP contribution is -2.35. The minimum atomic E-state index is -0.0266. The zero-order valence-electron chi connectivity index (χ0n) is 9.72. The molecule has 2 fully saturated rings. The summed E-state index contributed by atoms with van der Waals surface area (Å²) in [5.74, 6) is 1.15. The number of carbonyl (C=O) groups is 2. The molecule has 3 aliphatic rings. The maximum absolute atomic E-state index is 12.2. The van der Waals surface area contributed by atoms with Crippen LogP contribution in [0.5, 0.6) is 0 Å². The smallest absolute Gasteiger partial charge is 0.233 e. The van der Waals surface area contributed by atoms with Crippen molar-refractivity contribution in [2.75, 3.05) is 6.54 Å². The van der Waals surface area contributed by atoms with Gasteiger partial charge in [0.1, 0.15) is 0 Å². The summed E-state index contributed by atoms with van der Waals surface area (Å²) < 4.78 is 0. The second-order valence-corrected chi connectivity index (χ2v) is 5.68. The molecule has 4 atom stereocenters. The van der Waals surface area contributed by atoms with Crippen molar-refractivity contribution < 1.29 is 9.59 Å². The van der Waals surface area contributed by atoms with E-state index in [1.54, 1.807) is 0 Å². The molecule has 1 saturated heterocycles. The molecule has 0 unspecified atom stereocenters. The number of carbonyl (C=O) groups excluding carboxylic acids is 2. The Morgan fingerprint density at radius 2 is 1.69 bits per heavy atom. The molecule has 1 aliphatic heterocycles. The molecule has 3 rings (SSSR count). The molecular weight excluding hydrogens is 202 g/mol. The van der Waals surface area contributed by atoms with Crippen LogP contribution in [-0.2, 0) is 9.59 Å². The zero-order chi connectivity index (χ0) is 11.4. The van der Waals surface area contributed by atoms with E-state index in [4.69, 9.17) is 0 Å². The largest absolute Gasteiger partial charge is 0.282 e. The van der Waals surface area contributed by atoms with E-state index in [1.165, 1.54) is 4.90 Å². The van der Waals surface area contributed by atoms with Gasteiger partial charge in [0.15, 0.2) is 0 Å². The Labute approximate surface area is 95.5 Å². The SMILES string of the molecule is CC(C)CN1C(=O)[C@H]2[C@H](C1=O)[C@H]1C=C[C@H]2C1. The lowest BCUT2D eigenvalue weighted by atomic mass is 9.85. The molecule has 0 aromatic carbocycles. The average molecular weight is 219 g/mol. The lowest BCUT2D eigenvalue weighted by Gasteiger charge is -2.18. The molecule has 0 aromatic heterocycles. The Balaban J connectivity index is 1.89. The standard InChI is InChI=1S/C13H17NO2/c1-7(2)6-14-12(15)10-8-3-4-9(5-8)11(10)13(14)16/h3-4,7-11H,5-6H2,1-2H3/t8-,9-,10+,11+/m0/s1. The van der Waals surface area contributed by atoms with Gasteiger partial charge < -0.3 is 0 Å². The van der Waals surface area contributed by atoms with Gasteiger partial charge in [-0.25, -0.2) is 0 Å². The Kier molecular flexibility index (Phi) is 2.00. The van der Waals surface area contributed by atoms with E-state index in [0.29, 0.717) is 24.3 Å². The van der Waals surface area contributed by atoms with Gasteiger partial charge in [0.2, 0.25) is 11.8 Å². The van der Waals surface area contributed by atoms with Gasteiger partial charge in [-0.1, -0.05) is 26.0 Å². The summed E-state index contributed by atoms with van der Waals surface area (Å²) in [6, 6.07) is 0. The minimum absolute atomic E-state index is 0.0266. The molecule has 3 nitrogen and oxygen atoms in total. The van der Waals surface area contributed by atoms with Crippen LogP contribution in [0.15, 0.2) is 12.2 Å². The number of imide groups is 1. The van der Waals surface area contributed by atoms with E-state index >= 15 is 0 Å². The quantitative estimate of drug-likeness (QED) is 0.520. The second-order valence-electron chi connectivity index (χ2n) is 5.68. The van der Waals surface area contributed by atoms with Gasteiger partial charge in [0, 0.05) is 6.54 Å². The molecule has 1 heterocycles. The molecule has 16 heavy (non-hydrogen) atoms. The summed E-state index contributed by atoms with van der Waals surface area (Å²) in [6.07, 6.45) is 5.29. The zero-order valence-corrected chi connectivity index (χ0v) is 9.72. The fraction of sp³-hybridized carbons (Fsp3) is 0.692. The number of likely N-dealkylation sites (tertiary alicyclic amines) is 1. The van der Waals surface area contributed by atoms with Crippen molar-refractivity contribution in [2.24, 2.45) is 29.6 Å². The van der Waals surface area contributed by atoms with Crippen molar-refractivity contribution >= 4 is 11.8 Å². The third-order valence-corrected chi connectivity index (χ3v) is 4.11. The molecule has 0 aromatic rings. The monoisotopic (exact) mass is 219 g/mol. The number of nitrogens with zero attached hydrogens (tertiary/aromatic N) is 1. The Morgan fingerprint density at radius 1 is 1.19 bits per heavy atom.